The third-order valence-corrected chi connectivity index (χ3v) is 6.21. The summed E-state index contributed by atoms with van der Waals surface area (Å²) in [5.41, 5.74) is 0.289. The molecule has 1 saturated heterocycles. The molecule has 14 nitrogen and oxygen atoms in total. The molecule has 1 aromatic heterocycles. The maximum atomic E-state index is 13.3. The molecular formula is C26H32ClN5O9. The molecule has 3 amide bonds. The Balaban J connectivity index is 1.79. The first-order valence-electron chi connectivity index (χ1n) is 13.0. The fourth-order valence-corrected chi connectivity index (χ4v) is 4.19. The summed E-state index contributed by atoms with van der Waals surface area (Å²) < 4.78 is 16.7. The van der Waals surface area contributed by atoms with Gasteiger partial charge in [0.15, 0.2) is 12.3 Å². The highest BCUT2D eigenvalue weighted by Gasteiger charge is 2.31. The molecule has 1 aliphatic rings. The number of amides is 3. The molecule has 1 fully saturated rings. The predicted octanol–water partition coefficient (Wildman–Crippen LogP) is 1.73. The first kappa shape index (κ1) is 31.2. The second-order valence-electron chi connectivity index (χ2n) is 8.82. The van der Waals surface area contributed by atoms with Crippen LogP contribution in [-0.2, 0) is 23.9 Å². The SMILES string of the molecule is CCOC(=O)COc1cc(C(=O)NC(CCC(=O)O)C(=O)N2CCN(C(=O)OCC)CC2)nn1-c1cccc(Cl)c1. The van der Waals surface area contributed by atoms with Crippen molar-refractivity contribution in [1.29, 1.82) is 0 Å². The number of aromatic nitrogens is 2. The van der Waals surface area contributed by atoms with E-state index < -0.39 is 42.5 Å². The number of piperazine rings is 1. The van der Waals surface area contributed by atoms with Gasteiger partial charge in [0, 0.05) is 43.7 Å². The van der Waals surface area contributed by atoms with Crippen molar-refractivity contribution in [2.45, 2.75) is 32.7 Å². The van der Waals surface area contributed by atoms with E-state index >= 15 is 0 Å². The van der Waals surface area contributed by atoms with Crippen LogP contribution in [0.1, 0.15) is 37.2 Å². The third-order valence-electron chi connectivity index (χ3n) is 5.97. The van der Waals surface area contributed by atoms with Crippen LogP contribution in [0.25, 0.3) is 5.69 Å². The summed E-state index contributed by atoms with van der Waals surface area (Å²) in [7, 11) is 0. The van der Waals surface area contributed by atoms with Gasteiger partial charge in [0.2, 0.25) is 11.8 Å². The number of nitrogens with zero attached hydrogens (tertiary/aromatic N) is 4. The number of nitrogens with one attached hydrogen (secondary N) is 1. The van der Waals surface area contributed by atoms with Crippen LogP contribution in [0.5, 0.6) is 5.88 Å². The molecule has 2 N–H and O–H groups in total. The number of ether oxygens (including phenoxy) is 3. The van der Waals surface area contributed by atoms with Crippen molar-refractivity contribution >= 4 is 41.4 Å². The van der Waals surface area contributed by atoms with Crippen LogP contribution in [0.3, 0.4) is 0 Å². The maximum absolute atomic E-state index is 13.3. The summed E-state index contributed by atoms with van der Waals surface area (Å²) in [4.78, 5) is 64.6. The molecule has 1 aliphatic heterocycles. The molecule has 1 atom stereocenters. The number of hydrogen-bond acceptors (Lipinski definition) is 9. The zero-order valence-electron chi connectivity index (χ0n) is 22.7. The van der Waals surface area contributed by atoms with Crippen molar-refractivity contribution in [3.05, 3.63) is 41.0 Å². The molecule has 0 spiro atoms. The van der Waals surface area contributed by atoms with Gasteiger partial charge in [0.1, 0.15) is 6.04 Å². The zero-order valence-corrected chi connectivity index (χ0v) is 23.5. The van der Waals surface area contributed by atoms with Crippen LogP contribution >= 0.6 is 11.6 Å². The van der Waals surface area contributed by atoms with Crippen molar-refractivity contribution in [3.63, 3.8) is 0 Å². The van der Waals surface area contributed by atoms with Gasteiger partial charge < -0.3 is 34.4 Å². The van der Waals surface area contributed by atoms with Gasteiger partial charge in [0.25, 0.3) is 5.91 Å². The Morgan fingerprint density at radius 1 is 1.02 bits per heavy atom. The second kappa shape index (κ2) is 14.9. The predicted molar refractivity (Wildman–Crippen MR) is 144 cm³/mol. The van der Waals surface area contributed by atoms with Crippen molar-refractivity contribution in [2.24, 2.45) is 0 Å². The highest BCUT2D eigenvalue weighted by Crippen LogP contribution is 2.22. The summed E-state index contributed by atoms with van der Waals surface area (Å²) in [5, 5.41) is 16.5. The van der Waals surface area contributed by atoms with Gasteiger partial charge in [-0.25, -0.2) is 14.3 Å². The molecule has 1 unspecified atom stereocenters. The topological polar surface area (TPSA) is 170 Å². The van der Waals surface area contributed by atoms with E-state index in [1.165, 1.54) is 20.5 Å². The number of aliphatic carboxylic acids is 1. The summed E-state index contributed by atoms with van der Waals surface area (Å²) in [6.07, 6.45) is -1.02. The van der Waals surface area contributed by atoms with Gasteiger partial charge in [-0.1, -0.05) is 17.7 Å². The van der Waals surface area contributed by atoms with E-state index in [1.807, 2.05) is 0 Å². The van der Waals surface area contributed by atoms with E-state index in [0.29, 0.717) is 10.7 Å². The molecule has 1 aromatic carbocycles. The average Bonchev–Trinajstić information content (AvgIpc) is 3.38. The summed E-state index contributed by atoms with van der Waals surface area (Å²) in [5.74, 6) is -2.98. The average molecular weight is 594 g/mol. The minimum Gasteiger partial charge on any atom is -0.481 e. The van der Waals surface area contributed by atoms with Gasteiger partial charge in [-0.2, -0.15) is 5.10 Å². The molecular weight excluding hydrogens is 562 g/mol. The Hall–Kier alpha value is -4.33. The maximum Gasteiger partial charge on any atom is 0.409 e. The normalized spacial score (nSPS) is 13.7. The van der Waals surface area contributed by atoms with Gasteiger partial charge in [0.05, 0.1) is 18.9 Å². The number of carbonyl (C=O) groups is 5. The third kappa shape index (κ3) is 8.83. The van der Waals surface area contributed by atoms with Crippen LogP contribution in [0.4, 0.5) is 4.79 Å². The minimum atomic E-state index is -1.17. The van der Waals surface area contributed by atoms with E-state index in [1.54, 1.807) is 38.1 Å². The zero-order chi connectivity index (χ0) is 29.9. The first-order chi connectivity index (χ1) is 19.6. The number of carboxylic acids is 1. The molecule has 15 heteroatoms. The Labute approximate surface area is 241 Å². The summed E-state index contributed by atoms with van der Waals surface area (Å²) in [6, 6.07) is 6.65. The van der Waals surface area contributed by atoms with Crippen molar-refractivity contribution < 1.29 is 43.3 Å². The fraction of sp³-hybridized carbons (Fsp3) is 0.462. The molecule has 2 aromatic rings. The Morgan fingerprint density at radius 2 is 1.71 bits per heavy atom. The molecule has 0 radical (unpaired) electrons. The molecule has 0 saturated carbocycles. The quantitative estimate of drug-likeness (QED) is 0.345. The van der Waals surface area contributed by atoms with E-state index in [4.69, 9.17) is 25.8 Å². The molecule has 0 aliphatic carbocycles. The first-order valence-corrected chi connectivity index (χ1v) is 13.4. The smallest absolute Gasteiger partial charge is 0.409 e. The minimum absolute atomic E-state index is 0.0361. The number of benzene rings is 1. The number of hydrogen-bond donors (Lipinski definition) is 2. The molecule has 222 valence electrons. The van der Waals surface area contributed by atoms with E-state index in [2.05, 4.69) is 10.4 Å². The van der Waals surface area contributed by atoms with Crippen LogP contribution in [-0.4, -0.2) is 107 Å². The van der Waals surface area contributed by atoms with Gasteiger partial charge in [-0.15, -0.1) is 0 Å². The lowest BCUT2D eigenvalue weighted by atomic mass is 10.1. The van der Waals surface area contributed by atoms with Crippen molar-refractivity contribution in [3.8, 4) is 11.6 Å². The van der Waals surface area contributed by atoms with Gasteiger partial charge >= 0.3 is 18.0 Å². The van der Waals surface area contributed by atoms with Crippen molar-refractivity contribution in [2.75, 3.05) is 46.0 Å². The van der Waals surface area contributed by atoms with E-state index in [9.17, 15) is 29.1 Å². The lowest BCUT2D eigenvalue weighted by Crippen LogP contribution is -2.56. The molecule has 3 rings (SSSR count). The van der Waals surface area contributed by atoms with Crippen LogP contribution in [0.15, 0.2) is 30.3 Å². The van der Waals surface area contributed by atoms with Crippen LogP contribution < -0.4 is 10.1 Å². The monoisotopic (exact) mass is 593 g/mol. The standard InChI is InChI=1S/C26H32ClN5O9/c1-3-39-23(35)16-41-21-15-20(29-32(21)18-7-5-6-17(27)14-18)24(36)28-19(8-9-22(33)34)25(37)30-10-12-31(13-11-30)26(38)40-4-2/h5-7,14-15,19H,3-4,8-13,16H2,1-2H3,(H,28,36)(H,33,34). The van der Waals surface area contributed by atoms with Crippen molar-refractivity contribution in [1.82, 2.24) is 24.9 Å². The molecule has 41 heavy (non-hydrogen) atoms. The Bertz CT molecular complexity index is 1260. The van der Waals surface area contributed by atoms with Crippen LogP contribution in [0, 0.1) is 0 Å². The van der Waals surface area contributed by atoms with E-state index in [-0.39, 0.29) is 63.8 Å². The second-order valence-corrected chi connectivity index (χ2v) is 9.26. The number of esters is 1. The number of halogens is 1. The lowest BCUT2D eigenvalue weighted by molar-refractivity contribution is -0.145. The van der Waals surface area contributed by atoms with Gasteiger partial charge in [-0.05, 0) is 38.5 Å². The summed E-state index contributed by atoms with van der Waals surface area (Å²) in [6.45, 7) is 4.12. The molecule has 2 heterocycles. The number of carbonyl (C=O) groups excluding carboxylic acids is 4. The number of rotatable bonds is 12. The fourth-order valence-electron chi connectivity index (χ4n) is 4.01. The van der Waals surface area contributed by atoms with E-state index in [0.717, 1.165) is 0 Å². The highest BCUT2D eigenvalue weighted by molar-refractivity contribution is 6.30. The Kier molecular flexibility index (Phi) is 11.3. The van der Waals surface area contributed by atoms with Crippen LogP contribution in [0.2, 0.25) is 5.02 Å². The lowest BCUT2D eigenvalue weighted by Gasteiger charge is -2.35. The highest BCUT2D eigenvalue weighted by atomic mass is 35.5. The molecule has 0 bridgehead atoms. The number of carboxylic acid groups (broad SMARTS) is 1. The van der Waals surface area contributed by atoms with Gasteiger partial charge in [-0.3, -0.25) is 14.4 Å². The summed E-state index contributed by atoms with van der Waals surface area (Å²) >= 11 is 6.11. The Morgan fingerprint density at radius 3 is 2.34 bits per heavy atom. The largest absolute Gasteiger partial charge is 0.481 e.